The number of carbonyl (C=O) groups excluding carboxylic acids is 1. The molecule has 118 valence electrons. The van der Waals surface area contributed by atoms with E-state index in [4.69, 9.17) is 4.74 Å². The lowest BCUT2D eigenvalue weighted by Crippen LogP contribution is -2.39. The summed E-state index contributed by atoms with van der Waals surface area (Å²) in [5.41, 5.74) is 0.387. The molecule has 0 bridgehead atoms. The van der Waals surface area contributed by atoms with Gasteiger partial charge in [0.25, 0.3) is 0 Å². The molecule has 1 aliphatic heterocycles. The molecular weight excluding hydrogens is 294 g/mol. The topological polar surface area (TPSA) is 90.3 Å². The summed E-state index contributed by atoms with van der Waals surface area (Å²) in [7, 11) is -2.87. The first-order valence-electron chi connectivity index (χ1n) is 6.84. The number of hydrogen-bond acceptors (Lipinski definition) is 5. The highest BCUT2D eigenvalue weighted by molar-refractivity contribution is 7.92. The number of nitrogens with zero attached hydrogens (tertiary/aromatic N) is 2. The summed E-state index contributed by atoms with van der Waals surface area (Å²) in [4.78, 5) is 15.6. The van der Waals surface area contributed by atoms with Gasteiger partial charge in [0, 0.05) is 24.9 Å². The van der Waals surface area contributed by atoms with Crippen LogP contribution in [0.1, 0.15) is 32.5 Å². The molecule has 0 radical (unpaired) electrons. The van der Waals surface area contributed by atoms with E-state index in [2.05, 4.69) is 10.3 Å². The van der Waals surface area contributed by atoms with Gasteiger partial charge in [-0.25, -0.2) is 18.2 Å². The molecule has 1 fully saturated rings. The summed E-state index contributed by atoms with van der Waals surface area (Å²) in [6.45, 7) is 5.83. The Morgan fingerprint density at radius 2 is 2.14 bits per heavy atom. The molecule has 7 nitrogen and oxygen atoms in total. The van der Waals surface area contributed by atoms with Crippen LogP contribution in [-0.2, 0) is 21.0 Å². The van der Waals surface area contributed by atoms with Crippen LogP contribution in [-0.4, -0.2) is 47.7 Å². The molecule has 1 aromatic heterocycles. The van der Waals surface area contributed by atoms with E-state index in [1.807, 2.05) is 4.57 Å². The molecule has 0 aliphatic carbocycles. The van der Waals surface area contributed by atoms with Crippen molar-refractivity contribution in [3.8, 4) is 0 Å². The maximum atomic E-state index is 11.5. The van der Waals surface area contributed by atoms with Gasteiger partial charge in [0.2, 0.25) is 0 Å². The Hall–Kier alpha value is -1.57. The van der Waals surface area contributed by atoms with E-state index < -0.39 is 21.5 Å². The Morgan fingerprint density at radius 1 is 1.48 bits per heavy atom. The van der Waals surface area contributed by atoms with Crippen molar-refractivity contribution in [2.75, 3.05) is 18.1 Å². The fourth-order valence-corrected chi connectivity index (χ4v) is 3.56. The smallest absolute Gasteiger partial charge is 0.407 e. The molecular formula is C13H21N3O4S. The fraction of sp³-hybridized carbons (Fsp3) is 0.692. The van der Waals surface area contributed by atoms with Crippen molar-refractivity contribution in [3.63, 3.8) is 0 Å². The minimum Gasteiger partial charge on any atom is -0.444 e. The molecule has 1 aliphatic rings. The number of hydrogen-bond donors (Lipinski definition) is 1. The molecule has 0 unspecified atom stereocenters. The van der Waals surface area contributed by atoms with Crippen molar-refractivity contribution >= 4 is 15.9 Å². The van der Waals surface area contributed by atoms with E-state index in [0.29, 0.717) is 13.0 Å². The average molecular weight is 315 g/mol. The predicted molar refractivity (Wildman–Crippen MR) is 77.9 cm³/mol. The Morgan fingerprint density at radius 3 is 2.71 bits per heavy atom. The van der Waals surface area contributed by atoms with Gasteiger partial charge in [0.05, 0.1) is 23.9 Å². The van der Waals surface area contributed by atoms with Crippen molar-refractivity contribution < 1.29 is 17.9 Å². The van der Waals surface area contributed by atoms with Crippen LogP contribution in [0.25, 0.3) is 0 Å². The molecule has 1 aromatic rings. The number of imidazole rings is 1. The van der Waals surface area contributed by atoms with Gasteiger partial charge in [0.15, 0.2) is 9.84 Å². The molecule has 0 atom stereocenters. The van der Waals surface area contributed by atoms with Crippen LogP contribution in [0.2, 0.25) is 0 Å². The second kappa shape index (κ2) is 5.67. The molecule has 1 saturated heterocycles. The van der Waals surface area contributed by atoms with Crippen molar-refractivity contribution in [1.82, 2.24) is 14.9 Å². The monoisotopic (exact) mass is 315 g/mol. The van der Waals surface area contributed by atoms with Gasteiger partial charge in [0.1, 0.15) is 5.60 Å². The maximum absolute atomic E-state index is 11.5. The molecule has 2 heterocycles. The summed E-state index contributed by atoms with van der Waals surface area (Å²) in [5.74, 6) is 0.325. The van der Waals surface area contributed by atoms with Crippen LogP contribution in [0.5, 0.6) is 0 Å². The van der Waals surface area contributed by atoms with E-state index in [-0.39, 0.29) is 17.5 Å². The number of rotatable bonds is 4. The predicted octanol–water partition coefficient (Wildman–Crippen LogP) is 0.920. The zero-order valence-electron chi connectivity index (χ0n) is 12.5. The summed E-state index contributed by atoms with van der Waals surface area (Å²) < 4.78 is 29.5. The molecule has 8 heteroatoms. The van der Waals surface area contributed by atoms with Crippen molar-refractivity contribution in [3.05, 3.63) is 18.2 Å². The number of aromatic nitrogens is 2. The van der Waals surface area contributed by atoms with Gasteiger partial charge in [-0.3, -0.25) is 0 Å². The van der Waals surface area contributed by atoms with E-state index in [9.17, 15) is 13.2 Å². The highest BCUT2D eigenvalue weighted by atomic mass is 32.2. The van der Waals surface area contributed by atoms with Gasteiger partial charge < -0.3 is 14.6 Å². The largest absolute Gasteiger partial charge is 0.444 e. The second-order valence-electron chi connectivity index (χ2n) is 6.20. The van der Waals surface area contributed by atoms with Crippen LogP contribution >= 0.6 is 0 Å². The van der Waals surface area contributed by atoms with E-state index in [1.165, 1.54) is 0 Å². The van der Waals surface area contributed by atoms with E-state index in [1.54, 1.807) is 33.3 Å². The molecule has 0 aromatic carbocycles. The molecule has 0 spiro atoms. The minimum absolute atomic E-state index is 0.0333. The van der Waals surface area contributed by atoms with Crippen molar-refractivity contribution in [1.29, 1.82) is 0 Å². The van der Waals surface area contributed by atoms with Crippen LogP contribution in [0.15, 0.2) is 12.5 Å². The SMILES string of the molecule is CC(C)(C)OC(=O)NCCc1cncn1C1CS(=O)(=O)C1. The fourth-order valence-electron chi connectivity index (χ4n) is 2.16. The molecule has 1 amide bonds. The molecule has 21 heavy (non-hydrogen) atoms. The number of carbonyl (C=O) groups is 1. The Balaban J connectivity index is 1.82. The lowest BCUT2D eigenvalue weighted by molar-refractivity contribution is 0.0528. The Kier molecular flexibility index (Phi) is 4.27. The Labute approximate surface area is 124 Å². The van der Waals surface area contributed by atoms with Crippen LogP contribution in [0.4, 0.5) is 4.79 Å². The number of nitrogens with one attached hydrogen (secondary N) is 1. The maximum Gasteiger partial charge on any atom is 0.407 e. The first-order chi connectivity index (χ1) is 9.66. The van der Waals surface area contributed by atoms with E-state index >= 15 is 0 Å². The van der Waals surface area contributed by atoms with Gasteiger partial charge >= 0.3 is 6.09 Å². The third kappa shape index (κ3) is 4.45. The number of alkyl carbamates (subject to hydrolysis) is 1. The molecule has 1 N–H and O–H groups in total. The Bertz CT molecular complexity index is 604. The first kappa shape index (κ1) is 15.8. The van der Waals surface area contributed by atoms with Gasteiger partial charge in [-0.15, -0.1) is 0 Å². The van der Waals surface area contributed by atoms with Gasteiger partial charge in [-0.05, 0) is 20.8 Å². The van der Waals surface area contributed by atoms with Crippen LogP contribution in [0.3, 0.4) is 0 Å². The zero-order valence-corrected chi connectivity index (χ0v) is 13.3. The van der Waals surface area contributed by atoms with Crippen molar-refractivity contribution in [2.24, 2.45) is 0 Å². The number of ether oxygens (including phenoxy) is 1. The second-order valence-corrected chi connectivity index (χ2v) is 8.36. The lowest BCUT2D eigenvalue weighted by atomic mass is 10.2. The number of amides is 1. The first-order valence-corrected chi connectivity index (χ1v) is 8.66. The summed E-state index contributed by atoms with van der Waals surface area (Å²) in [6.07, 6.45) is 3.46. The van der Waals surface area contributed by atoms with Crippen LogP contribution in [0, 0.1) is 0 Å². The lowest BCUT2D eigenvalue weighted by Gasteiger charge is -2.28. The van der Waals surface area contributed by atoms with E-state index in [0.717, 1.165) is 5.69 Å². The average Bonchev–Trinajstić information content (AvgIpc) is 2.71. The third-order valence-electron chi connectivity index (χ3n) is 3.08. The standard InChI is InChI=1S/C13H21N3O4S/c1-13(2,3)20-12(17)15-5-4-10-6-14-9-16(10)11-7-21(18,19)8-11/h6,9,11H,4-5,7-8H2,1-3H3,(H,15,17). The third-order valence-corrected chi connectivity index (χ3v) is 4.87. The quantitative estimate of drug-likeness (QED) is 0.892. The summed E-state index contributed by atoms with van der Waals surface area (Å²) >= 11 is 0. The van der Waals surface area contributed by atoms with Crippen molar-refractivity contribution in [2.45, 2.75) is 38.8 Å². The summed E-state index contributed by atoms with van der Waals surface area (Å²) in [6, 6.07) is -0.0333. The normalized spacial score (nSPS) is 18.0. The summed E-state index contributed by atoms with van der Waals surface area (Å²) in [5, 5.41) is 2.68. The van der Waals surface area contributed by atoms with Gasteiger partial charge in [-0.2, -0.15) is 0 Å². The highest BCUT2D eigenvalue weighted by Crippen LogP contribution is 2.25. The molecule has 0 saturated carbocycles. The highest BCUT2D eigenvalue weighted by Gasteiger charge is 2.35. The minimum atomic E-state index is -2.87. The van der Waals surface area contributed by atoms with Crippen LogP contribution < -0.4 is 5.32 Å². The number of sulfone groups is 1. The zero-order chi connectivity index (χ0) is 15.7. The van der Waals surface area contributed by atoms with Gasteiger partial charge in [-0.1, -0.05) is 0 Å². The molecule has 2 rings (SSSR count).